The number of para-hydroxylation sites is 1. The third-order valence-electron chi connectivity index (χ3n) is 7.79. The number of nitrogens with zero attached hydrogens (tertiary/aromatic N) is 1. The Balaban J connectivity index is 1.45. The van der Waals surface area contributed by atoms with E-state index in [1.54, 1.807) is 0 Å². The molecule has 8 rings (SSSR count). The van der Waals surface area contributed by atoms with Crippen LogP contribution in [0, 0.1) is 0 Å². The van der Waals surface area contributed by atoms with E-state index < -0.39 is 0 Å². The Morgan fingerprint density at radius 3 is 2.14 bits per heavy atom. The lowest BCUT2D eigenvalue weighted by atomic mass is 9.92. The molecule has 2 heteroatoms. The Bertz CT molecular complexity index is 1980. The zero-order valence-electron chi connectivity index (χ0n) is 19.5. The number of allylic oxidation sites excluding steroid dienone is 2. The Morgan fingerprint density at radius 1 is 0.639 bits per heavy atom. The van der Waals surface area contributed by atoms with Gasteiger partial charge in [0.1, 0.15) is 6.29 Å². The van der Waals surface area contributed by atoms with Crippen molar-refractivity contribution in [2.24, 2.45) is 0 Å². The van der Waals surface area contributed by atoms with Gasteiger partial charge in [0.15, 0.2) is 0 Å². The molecule has 1 aliphatic heterocycles. The summed E-state index contributed by atoms with van der Waals surface area (Å²) in [5, 5.41) is 10.2. The molecule has 168 valence electrons. The molecule has 1 heterocycles. The molecule has 0 N–H and O–H groups in total. The number of aldehydes is 1. The summed E-state index contributed by atoms with van der Waals surface area (Å²) in [6, 6.07) is 33.2. The average Bonchev–Trinajstić information content (AvgIpc) is 2.94. The second-order valence-electron chi connectivity index (χ2n) is 9.79. The molecule has 6 aromatic carbocycles. The molecule has 1 aliphatic carbocycles. The molecule has 0 fully saturated rings. The first kappa shape index (κ1) is 19.6. The van der Waals surface area contributed by atoms with Crippen molar-refractivity contribution in [1.29, 1.82) is 0 Å². The maximum absolute atomic E-state index is 11.4. The molecule has 0 amide bonds. The lowest BCUT2D eigenvalue weighted by Gasteiger charge is -2.31. The Labute approximate surface area is 208 Å². The number of carbonyl (C=O) groups excluding carboxylic acids is 1. The third kappa shape index (κ3) is 2.64. The summed E-state index contributed by atoms with van der Waals surface area (Å²) in [5.74, 6) is 0. The summed E-state index contributed by atoms with van der Waals surface area (Å²) >= 11 is 0. The van der Waals surface area contributed by atoms with Crippen LogP contribution < -0.4 is 15.3 Å². The van der Waals surface area contributed by atoms with Crippen LogP contribution in [0.2, 0.25) is 0 Å². The van der Waals surface area contributed by atoms with E-state index in [0.29, 0.717) is 6.42 Å². The minimum absolute atomic E-state index is 0.679. The molecule has 0 radical (unpaired) electrons. The molecular formula is C34H21NO. The van der Waals surface area contributed by atoms with Gasteiger partial charge in [-0.1, -0.05) is 78.9 Å². The van der Waals surface area contributed by atoms with Crippen LogP contribution >= 0.6 is 0 Å². The van der Waals surface area contributed by atoms with E-state index in [2.05, 4.69) is 108 Å². The topological polar surface area (TPSA) is 20.3 Å². The molecule has 0 spiro atoms. The van der Waals surface area contributed by atoms with Gasteiger partial charge in [-0.25, -0.2) is 0 Å². The van der Waals surface area contributed by atoms with Crippen molar-refractivity contribution in [3.63, 3.8) is 0 Å². The fraction of sp³-hybridized carbons (Fsp3) is 0.0294. The minimum Gasteiger partial charge on any atom is -0.309 e. The third-order valence-corrected chi connectivity index (χ3v) is 7.79. The highest BCUT2D eigenvalue weighted by Crippen LogP contribution is 2.42. The number of hydrogen-bond donors (Lipinski definition) is 0. The van der Waals surface area contributed by atoms with E-state index in [-0.39, 0.29) is 0 Å². The second-order valence-corrected chi connectivity index (χ2v) is 9.79. The van der Waals surface area contributed by atoms with Crippen LogP contribution in [0.4, 0.5) is 17.1 Å². The molecule has 6 aromatic rings. The highest BCUT2D eigenvalue weighted by Gasteiger charge is 2.23. The van der Waals surface area contributed by atoms with E-state index in [4.69, 9.17) is 0 Å². The highest BCUT2D eigenvalue weighted by atomic mass is 16.1. The predicted octanol–water partition coefficient (Wildman–Crippen LogP) is 6.66. The minimum atomic E-state index is 0.679. The summed E-state index contributed by atoms with van der Waals surface area (Å²) in [6.45, 7) is 0. The smallest absolute Gasteiger partial charge is 0.146 e. The molecule has 36 heavy (non-hydrogen) atoms. The standard InChI is InChI=1S/C34H21NO/c36-20-21-8-14-29-24(16-21)13-15-32-30(29)19-25-4-1-2-7-31(25)35(32)28-17-26-11-9-22-5-3-6-23-10-12-27(18-28)34(26)33(22)23/h1-15,17-20H,16H2. The number of anilines is 3. The van der Waals surface area contributed by atoms with E-state index in [1.807, 2.05) is 6.08 Å². The van der Waals surface area contributed by atoms with Crippen molar-refractivity contribution in [1.82, 2.24) is 0 Å². The van der Waals surface area contributed by atoms with E-state index >= 15 is 0 Å². The highest BCUT2D eigenvalue weighted by molar-refractivity contribution is 6.23. The van der Waals surface area contributed by atoms with Crippen molar-refractivity contribution in [3.8, 4) is 0 Å². The molecule has 0 bridgehead atoms. The first-order valence-corrected chi connectivity index (χ1v) is 12.3. The van der Waals surface area contributed by atoms with Gasteiger partial charge in [0.05, 0.1) is 11.4 Å². The maximum atomic E-state index is 11.4. The first-order chi connectivity index (χ1) is 17.8. The fourth-order valence-electron chi connectivity index (χ4n) is 6.16. The van der Waals surface area contributed by atoms with E-state index in [0.717, 1.165) is 17.5 Å². The summed E-state index contributed by atoms with van der Waals surface area (Å²) < 4.78 is 0. The summed E-state index contributed by atoms with van der Waals surface area (Å²) in [7, 11) is 0. The molecule has 0 saturated heterocycles. The zero-order valence-corrected chi connectivity index (χ0v) is 19.5. The molecule has 0 atom stereocenters. The lowest BCUT2D eigenvalue weighted by molar-refractivity contribution is -0.105. The molecule has 0 unspecified atom stereocenters. The summed E-state index contributed by atoms with van der Waals surface area (Å²) in [4.78, 5) is 13.8. The van der Waals surface area contributed by atoms with Gasteiger partial charge in [-0.15, -0.1) is 0 Å². The van der Waals surface area contributed by atoms with Crippen LogP contribution in [0.5, 0.6) is 0 Å². The van der Waals surface area contributed by atoms with Gasteiger partial charge in [-0.3, -0.25) is 4.79 Å². The van der Waals surface area contributed by atoms with E-state index in [1.165, 1.54) is 65.3 Å². The number of fused-ring (bicyclic) bond motifs is 4. The predicted molar refractivity (Wildman–Crippen MR) is 150 cm³/mol. The van der Waals surface area contributed by atoms with Gasteiger partial charge in [-0.2, -0.15) is 0 Å². The zero-order chi connectivity index (χ0) is 23.8. The number of hydrogen-bond acceptors (Lipinski definition) is 2. The van der Waals surface area contributed by atoms with Crippen molar-refractivity contribution >= 4 is 67.8 Å². The average molecular weight is 460 g/mol. The van der Waals surface area contributed by atoms with Gasteiger partial charge in [0, 0.05) is 17.3 Å². The molecule has 2 nitrogen and oxygen atoms in total. The summed E-state index contributed by atoms with van der Waals surface area (Å²) in [6.07, 6.45) is 8.00. The van der Waals surface area contributed by atoms with Gasteiger partial charge in [-0.05, 0) is 84.6 Å². The van der Waals surface area contributed by atoms with Crippen LogP contribution in [-0.2, 0) is 11.2 Å². The molecule has 0 saturated carbocycles. The van der Waals surface area contributed by atoms with Crippen LogP contribution in [0.3, 0.4) is 0 Å². The van der Waals surface area contributed by atoms with Crippen LogP contribution in [0.1, 0.15) is 11.1 Å². The van der Waals surface area contributed by atoms with Crippen LogP contribution in [-0.4, -0.2) is 6.29 Å². The fourth-order valence-corrected chi connectivity index (χ4v) is 6.16. The van der Waals surface area contributed by atoms with Crippen LogP contribution in [0.15, 0.2) is 103 Å². The Morgan fingerprint density at radius 2 is 1.36 bits per heavy atom. The van der Waals surface area contributed by atoms with Crippen molar-refractivity contribution in [3.05, 3.63) is 124 Å². The van der Waals surface area contributed by atoms with Crippen molar-refractivity contribution in [2.45, 2.75) is 6.42 Å². The quantitative estimate of drug-likeness (QED) is 0.213. The Hall–Kier alpha value is -4.69. The largest absolute Gasteiger partial charge is 0.309 e. The van der Waals surface area contributed by atoms with Crippen molar-refractivity contribution < 1.29 is 4.79 Å². The summed E-state index contributed by atoms with van der Waals surface area (Å²) in [5.41, 5.74) is 6.72. The molecule has 0 aromatic heterocycles. The number of benzene rings is 6. The van der Waals surface area contributed by atoms with Gasteiger partial charge in [0.25, 0.3) is 0 Å². The monoisotopic (exact) mass is 459 g/mol. The first-order valence-electron chi connectivity index (χ1n) is 12.3. The van der Waals surface area contributed by atoms with Gasteiger partial charge in [0.2, 0.25) is 0 Å². The Kier molecular flexibility index (Phi) is 3.90. The van der Waals surface area contributed by atoms with Crippen LogP contribution in [0.25, 0.3) is 44.5 Å². The maximum Gasteiger partial charge on any atom is 0.146 e. The second kappa shape index (κ2) is 7.16. The normalized spacial score (nSPS) is 14.1. The SMILES string of the molecule is O=CC1=CC=c2c(ccc3c2=Cc2ccccc2N3c2cc3ccc4cccc5ccc(c2)c3c45)C1. The van der Waals surface area contributed by atoms with Crippen molar-refractivity contribution in [2.75, 3.05) is 4.90 Å². The molecular weight excluding hydrogens is 438 g/mol. The number of rotatable bonds is 2. The van der Waals surface area contributed by atoms with Gasteiger partial charge >= 0.3 is 0 Å². The van der Waals surface area contributed by atoms with Gasteiger partial charge < -0.3 is 4.90 Å². The number of carbonyl (C=O) groups is 1. The lowest BCUT2D eigenvalue weighted by Crippen LogP contribution is -2.37. The van der Waals surface area contributed by atoms with E-state index in [9.17, 15) is 4.79 Å². The molecule has 2 aliphatic rings.